The van der Waals surface area contributed by atoms with E-state index < -0.39 is 0 Å². The molecule has 0 unspecified atom stereocenters. The molecule has 0 saturated carbocycles. The second-order valence-corrected chi connectivity index (χ2v) is 7.31. The fourth-order valence-corrected chi connectivity index (χ4v) is 3.39. The minimum Gasteiger partial charge on any atom is -0.322 e. The summed E-state index contributed by atoms with van der Waals surface area (Å²) in [5, 5.41) is 7.82. The van der Waals surface area contributed by atoms with Crippen LogP contribution in [0.3, 0.4) is 0 Å². The van der Waals surface area contributed by atoms with Crippen molar-refractivity contribution in [1.29, 1.82) is 0 Å². The summed E-state index contributed by atoms with van der Waals surface area (Å²) in [6, 6.07) is 14.2. The van der Waals surface area contributed by atoms with Gasteiger partial charge in [0.25, 0.3) is 11.8 Å². The molecule has 0 saturated heterocycles. The summed E-state index contributed by atoms with van der Waals surface area (Å²) < 4.78 is 0. The van der Waals surface area contributed by atoms with Crippen LogP contribution in [0.25, 0.3) is 0 Å². The van der Waals surface area contributed by atoms with E-state index in [9.17, 15) is 9.59 Å². The van der Waals surface area contributed by atoms with Crippen molar-refractivity contribution in [3.8, 4) is 0 Å². The van der Waals surface area contributed by atoms with Crippen molar-refractivity contribution in [2.24, 2.45) is 0 Å². The van der Waals surface area contributed by atoms with Gasteiger partial charge in [0.2, 0.25) is 0 Å². The van der Waals surface area contributed by atoms with Crippen LogP contribution in [0.2, 0.25) is 5.02 Å². The van der Waals surface area contributed by atoms with Gasteiger partial charge in [-0.25, -0.2) is 0 Å². The Kier molecular flexibility index (Phi) is 5.40. The number of halogens is 1. The molecule has 3 aromatic rings. The van der Waals surface area contributed by atoms with Crippen molar-refractivity contribution in [3.05, 3.63) is 80.5 Å². The molecule has 2 amide bonds. The van der Waals surface area contributed by atoms with E-state index in [1.54, 1.807) is 30.3 Å². The summed E-state index contributed by atoms with van der Waals surface area (Å²) >= 11 is 7.50. The van der Waals surface area contributed by atoms with Gasteiger partial charge in [-0.3, -0.25) is 9.59 Å². The van der Waals surface area contributed by atoms with Gasteiger partial charge in [0, 0.05) is 11.3 Å². The Morgan fingerprint density at radius 2 is 1.65 bits per heavy atom. The molecule has 0 atom stereocenters. The highest BCUT2D eigenvalue weighted by Crippen LogP contribution is 2.25. The van der Waals surface area contributed by atoms with Crippen LogP contribution in [-0.4, -0.2) is 11.8 Å². The fourth-order valence-electron chi connectivity index (χ4n) is 2.60. The van der Waals surface area contributed by atoms with Gasteiger partial charge in [-0.15, -0.1) is 11.3 Å². The van der Waals surface area contributed by atoms with Gasteiger partial charge >= 0.3 is 0 Å². The predicted molar refractivity (Wildman–Crippen MR) is 108 cm³/mol. The summed E-state index contributed by atoms with van der Waals surface area (Å²) in [6.45, 7) is 3.95. The van der Waals surface area contributed by atoms with E-state index in [4.69, 9.17) is 11.6 Å². The van der Waals surface area contributed by atoms with E-state index in [-0.39, 0.29) is 11.8 Å². The molecule has 3 rings (SSSR count). The number of anilines is 2. The predicted octanol–water partition coefficient (Wildman–Crippen LogP) is 5.52. The number of hydrogen-bond donors (Lipinski definition) is 2. The second kappa shape index (κ2) is 7.72. The van der Waals surface area contributed by atoms with E-state index in [2.05, 4.69) is 10.6 Å². The molecule has 0 aliphatic heterocycles. The van der Waals surface area contributed by atoms with Gasteiger partial charge in [-0.05, 0) is 66.8 Å². The van der Waals surface area contributed by atoms with Crippen LogP contribution in [-0.2, 0) is 0 Å². The Hall–Kier alpha value is -2.63. The maximum Gasteiger partial charge on any atom is 0.265 e. The molecule has 0 radical (unpaired) electrons. The molecule has 26 heavy (non-hydrogen) atoms. The number of benzene rings is 2. The molecule has 1 aromatic heterocycles. The third-order valence-electron chi connectivity index (χ3n) is 3.70. The minimum absolute atomic E-state index is 0.256. The van der Waals surface area contributed by atoms with E-state index in [0.29, 0.717) is 21.2 Å². The van der Waals surface area contributed by atoms with Crippen molar-refractivity contribution >= 4 is 46.1 Å². The lowest BCUT2D eigenvalue weighted by Gasteiger charge is -2.10. The van der Waals surface area contributed by atoms with Gasteiger partial charge < -0.3 is 10.6 Å². The van der Waals surface area contributed by atoms with Crippen LogP contribution in [0, 0.1) is 13.8 Å². The standard InChI is InChI=1S/C20H17ClN2O2S/c1-12-8-13(2)10-15(9-12)22-19(24)14-5-6-16(21)17(11-14)23-20(25)18-4-3-7-26-18/h3-11H,1-2H3,(H,22,24)(H,23,25). The Morgan fingerprint density at radius 3 is 2.31 bits per heavy atom. The molecule has 0 bridgehead atoms. The van der Waals surface area contributed by atoms with Crippen LogP contribution >= 0.6 is 22.9 Å². The number of amides is 2. The topological polar surface area (TPSA) is 58.2 Å². The molecule has 6 heteroatoms. The van der Waals surface area contributed by atoms with Crippen molar-refractivity contribution in [1.82, 2.24) is 0 Å². The minimum atomic E-state index is -0.265. The SMILES string of the molecule is Cc1cc(C)cc(NC(=O)c2ccc(Cl)c(NC(=O)c3cccs3)c2)c1. The summed E-state index contributed by atoms with van der Waals surface area (Å²) in [4.78, 5) is 25.3. The Bertz CT molecular complexity index is 948. The van der Waals surface area contributed by atoms with E-state index in [1.807, 2.05) is 37.4 Å². The largest absolute Gasteiger partial charge is 0.322 e. The highest BCUT2D eigenvalue weighted by atomic mass is 35.5. The number of thiophene rings is 1. The zero-order chi connectivity index (χ0) is 18.7. The van der Waals surface area contributed by atoms with Crippen LogP contribution in [0.15, 0.2) is 53.9 Å². The van der Waals surface area contributed by atoms with E-state index in [1.165, 1.54) is 11.3 Å². The van der Waals surface area contributed by atoms with Crippen molar-refractivity contribution in [3.63, 3.8) is 0 Å². The molecule has 2 aromatic carbocycles. The first-order valence-corrected chi connectivity index (χ1v) is 9.22. The molecule has 1 heterocycles. The maximum absolute atomic E-state index is 12.5. The molecule has 4 nitrogen and oxygen atoms in total. The fraction of sp³-hybridized carbons (Fsp3) is 0.100. The molecular formula is C20H17ClN2O2S. The van der Waals surface area contributed by atoms with E-state index >= 15 is 0 Å². The first kappa shape index (κ1) is 18.2. The Labute approximate surface area is 160 Å². The van der Waals surface area contributed by atoms with Gasteiger partial charge in [0.05, 0.1) is 15.6 Å². The van der Waals surface area contributed by atoms with Gasteiger partial charge in [-0.2, -0.15) is 0 Å². The highest BCUT2D eigenvalue weighted by molar-refractivity contribution is 7.12. The summed E-state index contributed by atoms with van der Waals surface area (Å²) in [5.41, 5.74) is 3.68. The Balaban J connectivity index is 1.80. The Morgan fingerprint density at radius 1 is 0.923 bits per heavy atom. The van der Waals surface area contributed by atoms with Crippen LogP contribution in [0.4, 0.5) is 11.4 Å². The summed E-state index contributed by atoms with van der Waals surface area (Å²) in [6.07, 6.45) is 0. The zero-order valence-corrected chi connectivity index (χ0v) is 15.9. The lowest BCUT2D eigenvalue weighted by atomic mass is 10.1. The smallest absolute Gasteiger partial charge is 0.265 e. The van der Waals surface area contributed by atoms with Crippen molar-refractivity contribution in [2.45, 2.75) is 13.8 Å². The second-order valence-electron chi connectivity index (χ2n) is 5.96. The zero-order valence-electron chi connectivity index (χ0n) is 14.3. The van der Waals surface area contributed by atoms with Gasteiger partial charge in [0.15, 0.2) is 0 Å². The number of nitrogens with one attached hydrogen (secondary N) is 2. The van der Waals surface area contributed by atoms with Gasteiger partial charge in [-0.1, -0.05) is 23.7 Å². The monoisotopic (exact) mass is 384 g/mol. The lowest BCUT2D eigenvalue weighted by molar-refractivity contribution is 0.101. The maximum atomic E-state index is 12.5. The third kappa shape index (κ3) is 4.31. The average molecular weight is 385 g/mol. The number of hydrogen-bond acceptors (Lipinski definition) is 3. The summed E-state index contributed by atoms with van der Waals surface area (Å²) in [5.74, 6) is -0.521. The first-order chi connectivity index (χ1) is 12.4. The third-order valence-corrected chi connectivity index (χ3v) is 4.90. The van der Waals surface area contributed by atoms with Gasteiger partial charge in [0.1, 0.15) is 0 Å². The van der Waals surface area contributed by atoms with Crippen LogP contribution in [0.1, 0.15) is 31.2 Å². The first-order valence-electron chi connectivity index (χ1n) is 7.96. The van der Waals surface area contributed by atoms with Crippen molar-refractivity contribution in [2.75, 3.05) is 10.6 Å². The van der Waals surface area contributed by atoms with E-state index in [0.717, 1.165) is 16.8 Å². The molecule has 0 aliphatic rings. The molecule has 2 N–H and O–H groups in total. The molecular weight excluding hydrogens is 368 g/mol. The number of carbonyl (C=O) groups excluding carboxylic acids is 2. The number of carbonyl (C=O) groups is 2. The molecule has 0 fully saturated rings. The molecule has 0 aliphatic carbocycles. The number of rotatable bonds is 4. The normalized spacial score (nSPS) is 10.4. The summed E-state index contributed by atoms with van der Waals surface area (Å²) in [7, 11) is 0. The average Bonchev–Trinajstić information content (AvgIpc) is 3.10. The highest BCUT2D eigenvalue weighted by Gasteiger charge is 2.13. The van der Waals surface area contributed by atoms with Crippen molar-refractivity contribution < 1.29 is 9.59 Å². The molecule has 132 valence electrons. The van der Waals surface area contributed by atoms with Crippen LogP contribution < -0.4 is 10.6 Å². The quantitative estimate of drug-likeness (QED) is 0.621. The number of aryl methyl sites for hydroxylation is 2. The van der Waals surface area contributed by atoms with Crippen LogP contribution in [0.5, 0.6) is 0 Å². The molecule has 0 spiro atoms. The lowest BCUT2D eigenvalue weighted by Crippen LogP contribution is -2.14.